The standard InChI is InChI=1S/C45H25N5/c1-47-32-20-21-37-39-24-29(28-46)18-23-44(39)49(45(37)27-32)33-11-9-10-30(25-33)31-19-22-40(48-2)38(26-31)36-14-5-8-17-43(36)50-41-15-6-3-12-34(41)35-13-4-7-16-42(35)50/h3-27H. The zero-order valence-corrected chi connectivity index (χ0v) is 26.7. The average molecular weight is 636 g/mol. The van der Waals surface area contributed by atoms with Gasteiger partial charge in [-0.05, 0) is 76.9 Å². The second kappa shape index (κ2) is 11.4. The van der Waals surface area contributed by atoms with Gasteiger partial charge in [0.25, 0.3) is 0 Å². The third kappa shape index (κ3) is 4.38. The summed E-state index contributed by atoms with van der Waals surface area (Å²) < 4.78 is 4.47. The maximum Gasteiger partial charge on any atom is 0.195 e. The first-order chi connectivity index (χ1) is 24.7. The summed E-state index contributed by atoms with van der Waals surface area (Å²) in [7, 11) is 0. The predicted octanol–water partition coefficient (Wildman–Crippen LogP) is 12.2. The highest BCUT2D eigenvalue weighted by atomic mass is 15.0. The lowest BCUT2D eigenvalue weighted by Gasteiger charge is -2.16. The highest BCUT2D eigenvalue weighted by molar-refractivity contribution is 6.11. The minimum absolute atomic E-state index is 0.555. The van der Waals surface area contributed by atoms with Gasteiger partial charge in [0.15, 0.2) is 11.4 Å². The molecule has 9 rings (SSSR count). The number of benzene rings is 7. The Morgan fingerprint density at radius 2 is 1.18 bits per heavy atom. The van der Waals surface area contributed by atoms with Crippen LogP contribution in [0.15, 0.2) is 152 Å². The Morgan fingerprint density at radius 3 is 1.94 bits per heavy atom. The van der Waals surface area contributed by atoms with Crippen molar-refractivity contribution in [3.05, 3.63) is 180 Å². The van der Waals surface area contributed by atoms with Crippen LogP contribution in [0.3, 0.4) is 0 Å². The monoisotopic (exact) mass is 635 g/mol. The Labute approximate surface area is 288 Å². The molecule has 0 aliphatic heterocycles. The van der Waals surface area contributed by atoms with Crippen LogP contribution < -0.4 is 0 Å². The lowest BCUT2D eigenvalue weighted by molar-refractivity contribution is 1.18. The third-order valence-corrected chi connectivity index (χ3v) is 9.58. The van der Waals surface area contributed by atoms with Crippen LogP contribution in [-0.2, 0) is 0 Å². The van der Waals surface area contributed by atoms with Gasteiger partial charge in [-0.3, -0.25) is 0 Å². The molecule has 0 atom stereocenters. The molecular formula is C45H25N5. The zero-order valence-electron chi connectivity index (χ0n) is 26.7. The summed E-state index contributed by atoms with van der Waals surface area (Å²) in [6.45, 7) is 15.8. The van der Waals surface area contributed by atoms with Gasteiger partial charge in [-0.15, -0.1) is 0 Å². The van der Waals surface area contributed by atoms with Crippen LogP contribution in [0.2, 0.25) is 0 Å². The van der Waals surface area contributed by atoms with Crippen LogP contribution >= 0.6 is 0 Å². The van der Waals surface area contributed by atoms with E-state index in [-0.39, 0.29) is 0 Å². The van der Waals surface area contributed by atoms with Crippen molar-refractivity contribution in [2.75, 3.05) is 0 Å². The topological polar surface area (TPSA) is 42.4 Å². The van der Waals surface area contributed by atoms with Gasteiger partial charge >= 0.3 is 0 Å². The Kier molecular flexibility index (Phi) is 6.56. The van der Waals surface area contributed by atoms with Crippen molar-refractivity contribution >= 4 is 55.0 Å². The fourth-order valence-corrected chi connectivity index (χ4v) is 7.36. The first-order valence-electron chi connectivity index (χ1n) is 16.2. The minimum Gasteiger partial charge on any atom is -0.310 e. The molecule has 5 nitrogen and oxygen atoms in total. The molecule has 230 valence electrons. The molecule has 0 unspecified atom stereocenters. The lowest BCUT2D eigenvalue weighted by Crippen LogP contribution is -1.97. The van der Waals surface area contributed by atoms with Gasteiger partial charge in [0.05, 0.1) is 47.0 Å². The van der Waals surface area contributed by atoms with Crippen molar-refractivity contribution in [2.24, 2.45) is 0 Å². The molecule has 5 heteroatoms. The molecule has 2 heterocycles. The number of hydrogen-bond acceptors (Lipinski definition) is 1. The maximum atomic E-state index is 9.63. The summed E-state index contributed by atoms with van der Waals surface area (Å²) in [4.78, 5) is 7.67. The second-order valence-electron chi connectivity index (χ2n) is 12.3. The van der Waals surface area contributed by atoms with E-state index in [9.17, 15) is 5.26 Å². The van der Waals surface area contributed by atoms with Gasteiger partial charge in [-0.25, -0.2) is 9.69 Å². The Morgan fingerprint density at radius 1 is 0.480 bits per heavy atom. The Balaban J connectivity index is 1.24. The number of para-hydroxylation sites is 3. The van der Waals surface area contributed by atoms with Crippen molar-refractivity contribution in [3.8, 4) is 39.7 Å². The van der Waals surface area contributed by atoms with Crippen LogP contribution in [0.4, 0.5) is 11.4 Å². The van der Waals surface area contributed by atoms with Crippen molar-refractivity contribution in [3.63, 3.8) is 0 Å². The van der Waals surface area contributed by atoms with E-state index in [0.29, 0.717) is 16.9 Å². The lowest BCUT2D eigenvalue weighted by atomic mass is 9.96. The fraction of sp³-hybridized carbons (Fsp3) is 0. The van der Waals surface area contributed by atoms with E-state index in [1.165, 1.54) is 10.8 Å². The molecule has 0 radical (unpaired) electrons. The van der Waals surface area contributed by atoms with Crippen molar-refractivity contribution in [1.29, 1.82) is 5.26 Å². The highest BCUT2D eigenvalue weighted by Crippen LogP contribution is 2.42. The normalized spacial score (nSPS) is 11.1. The number of nitriles is 1. The van der Waals surface area contributed by atoms with E-state index in [0.717, 1.165) is 66.5 Å². The van der Waals surface area contributed by atoms with E-state index in [1.807, 2.05) is 60.7 Å². The van der Waals surface area contributed by atoms with Gasteiger partial charge in [-0.1, -0.05) is 97.1 Å². The molecule has 0 aliphatic rings. The van der Waals surface area contributed by atoms with Crippen molar-refractivity contribution in [2.45, 2.75) is 0 Å². The number of rotatable bonds is 4. The SMILES string of the molecule is [C-]#[N+]c1ccc2c3cc(C#N)ccc3n(-c3cccc(-c4ccc([N+]#[C-])c(-c5ccccc5-n5c6ccccc6c6ccccc65)c4)c3)c2c1. The summed E-state index contributed by atoms with van der Waals surface area (Å²) >= 11 is 0. The number of fused-ring (bicyclic) bond motifs is 6. The second-order valence-corrected chi connectivity index (χ2v) is 12.3. The molecule has 7 aromatic carbocycles. The van der Waals surface area contributed by atoms with Crippen LogP contribution in [0.5, 0.6) is 0 Å². The number of nitrogens with zero attached hydrogens (tertiary/aromatic N) is 5. The molecule has 0 saturated carbocycles. The maximum absolute atomic E-state index is 9.63. The molecule has 0 saturated heterocycles. The van der Waals surface area contributed by atoms with Gasteiger partial charge in [-0.2, -0.15) is 5.26 Å². The third-order valence-electron chi connectivity index (χ3n) is 9.58. The Hall–Kier alpha value is -7.39. The summed E-state index contributed by atoms with van der Waals surface area (Å²) in [5.74, 6) is 0. The molecule has 0 amide bonds. The summed E-state index contributed by atoms with van der Waals surface area (Å²) in [6.07, 6.45) is 0. The molecule has 9 aromatic rings. The smallest absolute Gasteiger partial charge is 0.195 e. The average Bonchev–Trinajstić information content (AvgIpc) is 3.69. The molecular weight excluding hydrogens is 611 g/mol. The Bertz CT molecular complexity index is 2920. The van der Waals surface area contributed by atoms with Crippen LogP contribution in [0, 0.1) is 24.5 Å². The number of aromatic nitrogens is 2. The zero-order chi connectivity index (χ0) is 33.8. The van der Waals surface area contributed by atoms with Crippen molar-refractivity contribution < 1.29 is 0 Å². The first kappa shape index (κ1) is 28.8. The number of hydrogen-bond donors (Lipinski definition) is 0. The fourth-order valence-electron chi connectivity index (χ4n) is 7.36. The minimum atomic E-state index is 0.555. The summed E-state index contributed by atoms with van der Waals surface area (Å²) in [5, 5.41) is 14.0. The van der Waals surface area contributed by atoms with Crippen LogP contribution in [-0.4, -0.2) is 9.13 Å². The van der Waals surface area contributed by atoms with E-state index in [2.05, 4.69) is 116 Å². The van der Waals surface area contributed by atoms with Crippen molar-refractivity contribution in [1.82, 2.24) is 9.13 Å². The summed E-state index contributed by atoms with van der Waals surface area (Å²) in [6, 6.07) is 53.3. The summed E-state index contributed by atoms with van der Waals surface area (Å²) in [5.41, 5.74) is 11.6. The molecule has 0 spiro atoms. The van der Waals surface area contributed by atoms with E-state index < -0.39 is 0 Å². The van der Waals surface area contributed by atoms with Gasteiger partial charge in [0.1, 0.15) is 0 Å². The quantitative estimate of drug-likeness (QED) is 0.177. The van der Waals surface area contributed by atoms with Crippen LogP contribution in [0.25, 0.3) is 86.9 Å². The van der Waals surface area contributed by atoms with Gasteiger partial charge in [0, 0.05) is 32.7 Å². The highest BCUT2D eigenvalue weighted by Gasteiger charge is 2.18. The van der Waals surface area contributed by atoms with E-state index >= 15 is 0 Å². The molecule has 0 fully saturated rings. The largest absolute Gasteiger partial charge is 0.310 e. The molecule has 50 heavy (non-hydrogen) atoms. The van der Waals surface area contributed by atoms with E-state index in [4.69, 9.17) is 13.1 Å². The molecule has 2 aromatic heterocycles. The first-order valence-corrected chi connectivity index (χ1v) is 16.2. The van der Waals surface area contributed by atoms with E-state index in [1.54, 1.807) is 0 Å². The van der Waals surface area contributed by atoms with Gasteiger partial charge < -0.3 is 9.13 Å². The molecule has 0 N–H and O–H groups in total. The molecule has 0 bridgehead atoms. The molecule has 0 aliphatic carbocycles. The predicted molar refractivity (Wildman–Crippen MR) is 203 cm³/mol. The van der Waals surface area contributed by atoms with Crippen LogP contribution in [0.1, 0.15) is 5.56 Å². The van der Waals surface area contributed by atoms with Gasteiger partial charge in [0.2, 0.25) is 0 Å².